The smallest absolute Gasteiger partial charge is 0.252 e. The van der Waals surface area contributed by atoms with Gasteiger partial charge in [-0.2, -0.15) is 4.98 Å². The molecule has 2 aliphatic carbocycles. The predicted octanol–water partition coefficient (Wildman–Crippen LogP) is 2.73. The molecule has 0 spiro atoms. The third-order valence-corrected chi connectivity index (χ3v) is 6.53. The number of hydrogen-bond acceptors (Lipinski definition) is 7. The number of nitrogens with one attached hydrogen (secondary N) is 1. The van der Waals surface area contributed by atoms with Crippen molar-refractivity contribution >= 4 is 15.7 Å². The van der Waals surface area contributed by atoms with E-state index in [1.165, 1.54) is 12.8 Å². The molecule has 0 bridgehead atoms. The van der Waals surface area contributed by atoms with Crippen molar-refractivity contribution in [2.75, 3.05) is 18.6 Å². The molecule has 30 heavy (non-hydrogen) atoms. The summed E-state index contributed by atoms with van der Waals surface area (Å²) in [5.41, 5.74) is 0.220. The van der Waals surface area contributed by atoms with Crippen LogP contribution in [0.25, 0.3) is 0 Å². The Labute approximate surface area is 176 Å². The highest BCUT2D eigenvalue weighted by atomic mass is 32.2. The minimum Gasteiger partial charge on any atom is -0.493 e. The maximum Gasteiger partial charge on any atom is 0.252 e. The van der Waals surface area contributed by atoms with Crippen LogP contribution in [0.4, 0.5) is 0 Å². The van der Waals surface area contributed by atoms with E-state index in [9.17, 15) is 13.2 Å². The van der Waals surface area contributed by atoms with Gasteiger partial charge in [-0.3, -0.25) is 4.79 Å². The lowest BCUT2D eigenvalue weighted by Crippen LogP contribution is -2.49. The zero-order chi connectivity index (χ0) is 21.5. The molecular weight excluding hydrogens is 406 g/mol. The van der Waals surface area contributed by atoms with Crippen molar-refractivity contribution in [3.05, 3.63) is 41.0 Å². The molecule has 2 fully saturated rings. The standard InChI is InChI=1S/C21H27N3O5S/c1-13-22-20(24-29-13)21(2,12-30(3,26)27)23-19(25)16-8-9-17(15-6-7-15)18(10-16)28-11-14-4-5-14/h8-10,14-15H,4-7,11-12H2,1-3H3,(H,23,25)/t21-/m1/s1. The van der Waals surface area contributed by atoms with Crippen LogP contribution in [-0.4, -0.2) is 43.1 Å². The number of rotatable bonds is 9. The molecule has 1 N–H and O–H groups in total. The van der Waals surface area contributed by atoms with Gasteiger partial charge in [-0.15, -0.1) is 0 Å². The number of aryl methyl sites for hydroxylation is 1. The SMILES string of the molecule is Cc1nc([C@@](C)(CS(C)(=O)=O)NC(=O)c2ccc(C3CC3)c(OCC3CC3)c2)no1. The molecule has 8 nitrogen and oxygen atoms in total. The fourth-order valence-corrected chi connectivity index (χ4v) is 4.80. The molecule has 4 rings (SSSR count). The number of carbonyl (C=O) groups excluding carboxylic acids is 1. The van der Waals surface area contributed by atoms with E-state index in [2.05, 4.69) is 15.5 Å². The molecule has 0 unspecified atom stereocenters. The molecule has 1 aromatic carbocycles. The third-order valence-electron chi connectivity index (χ3n) is 5.43. The van der Waals surface area contributed by atoms with Crippen LogP contribution >= 0.6 is 0 Å². The maximum absolute atomic E-state index is 13.1. The van der Waals surface area contributed by atoms with Crippen LogP contribution in [-0.2, 0) is 15.4 Å². The van der Waals surface area contributed by atoms with Crippen LogP contribution in [0, 0.1) is 12.8 Å². The van der Waals surface area contributed by atoms with E-state index in [-0.39, 0.29) is 11.6 Å². The lowest BCUT2D eigenvalue weighted by Gasteiger charge is -2.27. The van der Waals surface area contributed by atoms with Crippen LogP contribution in [0.15, 0.2) is 22.7 Å². The summed E-state index contributed by atoms with van der Waals surface area (Å²) in [6.45, 7) is 3.86. The summed E-state index contributed by atoms with van der Waals surface area (Å²) in [6, 6.07) is 5.46. The summed E-state index contributed by atoms with van der Waals surface area (Å²) in [6.07, 6.45) is 5.75. The number of nitrogens with zero attached hydrogens (tertiary/aromatic N) is 2. The fraction of sp³-hybridized carbons (Fsp3) is 0.571. The zero-order valence-corrected chi connectivity index (χ0v) is 18.3. The topological polar surface area (TPSA) is 111 Å². The molecule has 1 atom stereocenters. The van der Waals surface area contributed by atoms with Crippen molar-refractivity contribution in [1.29, 1.82) is 0 Å². The van der Waals surface area contributed by atoms with Gasteiger partial charge in [0.2, 0.25) is 5.89 Å². The molecule has 2 aromatic rings. The Hall–Kier alpha value is -2.42. The normalized spacial score (nSPS) is 18.6. The number of hydrogen-bond donors (Lipinski definition) is 1. The van der Waals surface area contributed by atoms with Gasteiger partial charge in [0.15, 0.2) is 5.82 Å². The number of aromatic nitrogens is 2. The summed E-state index contributed by atoms with van der Waals surface area (Å²) >= 11 is 0. The molecule has 2 saturated carbocycles. The predicted molar refractivity (Wildman–Crippen MR) is 110 cm³/mol. The number of benzene rings is 1. The van der Waals surface area contributed by atoms with E-state index in [1.54, 1.807) is 26.0 Å². The number of sulfone groups is 1. The largest absolute Gasteiger partial charge is 0.493 e. The minimum absolute atomic E-state index is 0.124. The highest BCUT2D eigenvalue weighted by molar-refractivity contribution is 7.90. The van der Waals surface area contributed by atoms with Gasteiger partial charge in [0.1, 0.15) is 21.1 Å². The Balaban J connectivity index is 1.59. The molecule has 1 heterocycles. The summed E-state index contributed by atoms with van der Waals surface area (Å²) in [7, 11) is -3.44. The van der Waals surface area contributed by atoms with Gasteiger partial charge in [0.05, 0.1) is 12.4 Å². The molecule has 9 heteroatoms. The summed E-state index contributed by atoms with van der Waals surface area (Å²) < 4.78 is 35.1. The lowest BCUT2D eigenvalue weighted by molar-refractivity contribution is 0.0908. The third kappa shape index (κ3) is 5.00. The van der Waals surface area contributed by atoms with Crippen LogP contribution in [0.1, 0.15) is 66.2 Å². The van der Waals surface area contributed by atoms with Gasteiger partial charge >= 0.3 is 0 Å². The number of amides is 1. The number of ether oxygens (including phenoxy) is 1. The monoisotopic (exact) mass is 433 g/mol. The van der Waals surface area contributed by atoms with Crippen molar-refractivity contribution in [3.63, 3.8) is 0 Å². The average Bonchev–Trinajstić information content (AvgIpc) is 3.57. The average molecular weight is 434 g/mol. The Morgan fingerprint density at radius 1 is 1.30 bits per heavy atom. The molecule has 0 aliphatic heterocycles. The molecule has 2 aliphatic rings. The van der Waals surface area contributed by atoms with Gasteiger partial charge in [0.25, 0.3) is 5.91 Å². The molecule has 1 amide bonds. The van der Waals surface area contributed by atoms with Crippen molar-refractivity contribution in [2.24, 2.45) is 5.92 Å². The van der Waals surface area contributed by atoms with Crippen LogP contribution in [0.3, 0.4) is 0 Å². The summed E-state index contributed by atoms with van der Waals surface area (Å²) in [5.74, 6) is 1.50. The highest BCUT2D eigenvalue weighted by Crippen LogP contribution is 2.45. The maximum atomic E-state index is 13.1. The van der Waals surface area contributed by atoms with Crippen molar-refractivity contribution in [1.82, 2.24) is 15.5 Å². The van der Waals surface area contributed by atoms with Crippen molar-refractivity contribution in [3.8, 4) is 5.75 Å². The second-order valence-electron chi connectivity index (χ2n) is 8.77. The van der Waals surface area contributed by atoms with Crippen LogP contribution in [0.2, 0.25) is 0 Å². The second-order valence-corrected chi connectivity index (χ2v) is 10.9. The molecule has 1 aromatic heterocycles. The number of carbonyl (C=O) groups is 1. The second kappa shape index (κ2) is 7.68. The first-order chi connectivity index (χ1) is 14.1. The van der Waals surface area contributed by atoms with Gasteiger partial charge in [0, 0.05) is 18.7 Å². The van der Waals surface area contributed by atoms with Gasteiger partial charge in [-0.05, 0) is 62.1 Å². The Morgan fingerprint density at radius 2 is 2.03 bits per heavy atom. The molecular formula is C21H27N3O5S. The van der Waals surface area contributed by atoms with Crippen molar-refractivity contribution in [2.45, 2.75) is 51.0 Å². The van der Waals surface area contributed by atoms with E-state index >= 15 is 0 Å². The van der Waals surface area contributed by atoms with Gasteiger partial charge in [-0.1, -0.05) is 11.2 Å². The summed E-state index contributed by atoms with van der Waals surface area (Å²) in [4.78, 5) is 17.2. The van der Waals surface area contributed by atoms with Crippen molar-refractivity contribution < 1.29 is 22.5 Å². The van der Waals surface area contributed by atoms with Crippen LogP contribution in [0.5, 0.6) is 5.75 Å². The van der Waals surface area contributed by atoms with E-state index in [4.69, 9.17) is 9.26 Å². The lowest BCUT2D eigenvalue weighted by atomic mass is 10.0. The van der Waals surface area contributed by atoms with Crippen LogP contribution < -0.4 is 10.1 Å². The highest BCUT2D eigenvalue weighted by Gasteiger charge is 2.38. The molecule has 0 radical (unpaired) electrons. The first kappa shape index (κ1) is 20.8. The van der Waals surface area contributed by atoms with E-state index in [0.717, 1.165) is 30.4 Å². The molecule has 0 saturated heterocycles. The first-order valence-electron chi connectivity index (χ1n) is 10.2. The van der Waals surface area contributed by atoms with E-state index < -0.39 is 21.3 Å². The molecule has 162 valence electrons. The summed E-state index contributed by atoms with van der Waals surface area (Å²) in [5, 5.41) is 6.65. The zero-order valence-electron chi connectivity index (χ0n) is 17.5. The van der Waals surface area contributed by atoms with Gasteiger partial charge in [-0.25, -0.2) is 8.42 Å². The fourth-order valence-electron chi connectivity index (χ4n) is 3.55. The Kier molecular flexibility index (Phi) is 5.34. The van der Waals surface area contributed by atoms with Gasteiger partial charge < -0.3 is 14.6 Å². The minimum atomic E-state index is -3.44. The van der Waals surface area contributed by atoms with E-state index in [0.29, 0.717) is 29.9 Å². The first-order valence-corrected chi connectivity index (χ1v) is 12.3. The Bertz CT molecular complexity index is 1060. The van der Waals surface area contributed by atoms with E-state index in [1.807, 2.05) is 6.07 Å². The quantitative estimate of drug-likeness (QED) is 0.647. The Morgan fingerprint density at radius 3 is 2.60 bits per heavy atom.